The van der Waals surface area contributed by atoms with Crippen molar-refractivity contribution >= 4 is 12.0 Å². The Morgan fingerprint density at radius 1 is 1.18 bits per heavy atom. The first-order chi connectivity index (χ1) is 15.8. The Kier molecular flexibility index (Phi) is 7.69. The Morgan fingerprint density at radius 3 is 2.47 bits per heavy atom. The first-order valence-electron chi connectivity index (χ1n) is 11.6. The molecule has 1 heterocycles. The minimum Gasteiger partial charge on any atom is -0.444 e. The van der Waals surface area contributed by atoms with Crippen LogP contribution >= 0.6 is 0 Å². The quantitative estimate of drug-likeness (QED) is 0.640. The number of nitrogens with zero attached hydrogens (tertiary/aromatic N) is 1. The van der Waals surface area contributed by atoms with Gasteiger partial charge in [0.1, 0.15) is 11.4 Å². The van der Waals surface area contributed by atoms with E-state index in [0.29, 0.717) is 25.8 Å². The number of likely N-dealkylation sites (tertiary alicyclic amines) is 1. The van der Waals surface area contributed by atoms with Crippen LogP contribution in [-0.4, -0.2) is 58.7 Å². The van der Waals surface area contributed by atoms with Crippen molar-refractivity contribution in [2.24, 2.45) is 0 Å². The predicted octanol–water partition coefficient (Wildman–Crippen LogP) is 4.49. The van der Waals surface area contributed by atoms with Crippen molar-refractivity contribution in [3.8, 4) is 5.75 Å². The second-order valence-corrected chi connectivity index (χ2v) is 10.1. The highest BCUT2D eigenvalue weighted by Crippen LogP contribution is 2.42. The number of benzene rings is 1. The van der Waals surface area contributed by atoms with Crippen LogP contribution < -0.4 is 10.1 Å². The van der Waals surface area contributed by atoms with Gasteiger partial charge in [0.05, 0.1) is 17.6 Å². The zero-order chi connectivity index (χ0) is 25.1. The SMILES string of the molecule is CC(C)(C)OC(=O)N[C@@H]1CCN(C(=O)C(c2cccc(OC(F)(F)F)c2)C2(O)CCCCC2)C1. The number of halogens is 3. The monoisotopic (exact) mass is 486 g/mol. The summed E-state index contributed by atoms with van der Waals surface area (Å²) in [5, 5.41) is 14.2. The van der Waals surface area contributed by atoms with Crippen molar-refractivity contribution in [3.05, 3.63) is 29.8 Å². The van der Waals surface area contributed by atoms with Crippen molar-refractivity contribution in [2.75, 3.05) is 13.1 Å². The predicted molar refractivity (Wildman–Crippen MR) is 118 cm³/mol. The van der Waals surface area contributed by atoms with Crippen molar-refractivity contribution in [1.82, 2.24) is 10.2 Å². The van der Waals surface area contributed by atoms with E-state index < -0.39 is 35.3 Å². The lowest BCUT2D eigenvalue weighted by Gasteiger charge is -2.40. The second kappa shape index (κ2) is 10.0. The zero-order valence-corrected chi connectivity index (χ0v) is 19.8. The summed E-state index contributed by atoms with van der Waals surface area (Å²) in [6, 6.07) is 4.96. The Morgan fingerprint density at radius 2 is 1.85 bits per heavy atom. The number of hydrogen-bond donors (Lipinski definition) is 2. The van der Waals surface area contributed by atoms with Crippen LogP contribution in [-0.2, 0) is 9.53 Å². The number of aliphatic hydroxyl groups is 1. The number of alkyl halides is 3. The number of alkyl carbamates (subject to hydrolysis) is 1. The van der Waals surface area contributed by atoms with E-state index in [4.69, 9.17) is 4.74 Å². The molecule has 7 nitrogen and oxygen atoms in total. The summed E-state index contributed by atoms with van der Waals surface area (Å²) in [5.41, 5.74) is -1.75. The van der Waals surface area contributed by atoms with E-state index in [-0.39, 0.29) is 24.1 Å². The number of rotatable bonds is 5. The Hall–Kier alpha value is -2.49. The lowest BCUT2D eigenvalue weighted by molar-refractivity contribution is -0.274. The summed E-state index contributed by atoms with van der Waals surface area (Å²) in [5.74, 6) is -1.85. The minimum absolute atomic E-state index is 0.226. The van der Waals surface area contributed by atoms with Crippen molar-refractivity contribution in [2.45, 2.75) is 88.8 Å². The number of nitrogens with one attached hydrogen (secondary N) is 1. The normalized spacial score (nSPS) is 21.6. The van der Waals surface area contributed by atoms with Crippen LogP contribution in [0.5, 0.6) is 5.75 Å². The smallest absolute Gasteiger partial charge is 0.444 e. The van der Waals surface area contributed by atoms with Crippen molar-refractivity contribution in [1.29, 1.82) is 0 Å². The molecule has 1 saturated heterocycles. The summed E-state index contributed by atoms with van der Waals surface area (Å²) in [4.78, 5) is 27.3. The van der Waals surface area contributed by atoms with E-state index in [1.54, 1.807) is 31.7 Å². The molecule has 2 atom stereocenters. The number of ether oxygens (including phenoxy) is 2. The van der Waals surface area contributed by atoms with Gasteiger partial charge in [-0.2, -0.15) is 0 Å². The molecule has 1 aliphatic carbocycles. The standard InChI is InChI=1S/C24H33F3N2O5/c1-22(2,3)34-21(31)28-17-10-13-29(15-17)20(30)19(23(32)11-5-4-6-12-23)16-8-7-9-18(14-16)33-24(25,26)27/h7-9,14,17,19,32H,4-6,10-13,15H2,1-3H3,(H,28,31)/t17-,19?/m1/s1. The van der Waals surface area contributed by atoms with E-state index in [2.05, 4.69) is 10.1 Å². The highest BCUT2D eigenvalue weighted by Gasteiger charge is 2.46. The topological polar surface area (TPSA) is 88.1 Å². The van der Waals surface area contributed by atoms with Crippen molar-refractivity contribution < 1.29 is 37.3 Å². The van der Waals surface area contributed by atoms with E-state index in [1.807, 2.05) is 0 Å². The molecule has 1 aromatic rings. The van der Waals surface area contributed by atoms with Crippen LogP contribution in [0.15, 0.2) is 24.3 Å². The maximum atomic E-state index is 13.7. The van der Waals surface area contributed by atoms with Gasteiger partial charge in [-0.1, -0.05) is 31.4 Å². The molecule has 1 aliphatic heterocycles. The van der Waals surface area contributed by atoms with E-state index >= 15 is 0 Å². The lowest BCUT2D eigenvalue weighted by Crippen LogP contribution is -2.48. The van der Waals surface area contributed by atoms with Crippen LogP contribution in [0.25, 0.3) is 0 Å². The van der Waals surface area contributed by atoms with Crippen LogP contribution in [0.4, 0.5) is 18.0 Å². The third kappa shape index (κ3) is 7.01. The highest BCUT2D eigenvalue weighted by molar-refractivity contribution is 5.86. The molecular formula is C24H33F3N2O5. The fraction of sp³-hybridized carbons (Fsp3) is 0.667. The van der Waals surface area contributed by atoms with Gasteiger partial charge in [0.25, 0.3) is 0 Å². The van der Waals surface area contributed by atoms with Gasteiger partial charge in [-0.15, -0.1) is 13.2 Å². The van der Waals surface area contributed by atoms with Gasteiger partial charge in [-0.3, -0.25) is 4.79 Å². The van der Waals surface area contributed by atoms with Gasteiger partial charge in [0, 0.05) is 13.1 Å². The molecule has 0 spiro atoms. The maximum Gasteiger partial charge on any atom is 0.573 e. The molecule has 2 fully saturated rings. The van der Waals surface area contributed by atoms with E-state index in [0.717, 1.165) is 19.3 Å². The van der Waals surface area contributed by atoms with E-state index in [9.17, 15) is 27.9 Å². The molecule has 1 unspecified atom stereocenters. The fourth-order valence-corrected chi connectivity index (χ4v) is 4.76. The zero-order valence-electron chi connectivity index (χ0n) is 19.8. The van der Waals surface area contributed by atoms with Crippen LogP contribution in [0.3, 0.4) is 0 Å². The third-order valence-corrected chi connectivity index (χ3v) is 6.15. The van der Waals surface area contributed by atoms with Gasteiger partial charge in [0.2, 0.25) is 5.91 Å². The van der Waals surface area contributed by atoms with Gasteiger partial charge < -0.3 is 24.8 Å². The molecule has 0 radical (unpaired) electrons. The molecule has 0 bridgehead atoms. The molecule has 10 heteroatoms. The number of amides is 2. The number of carbonyl (C=O) groups excluding carboxylic acids is 2. The van der Waals surface area contributed by atoms with Crippen molar-refractivity contribution in [3.63, 3.8) is 0 Å². The third-order valence-electron chi connectivity index (χ3n) is 6.15. The average molecular weight is 487 g/mol. The molecular weight excluding hydrogens is 453 g/mol. The average Bonchev–Trinajstić information content (AvgIpc) is 3.14. The van der Waals surface area contributed by atoms with Gasteiger partial charge >= 0.3 is 12.5 Å². The Bertz CT molecular complexity index is 878. The summed E-state index contributed by atoms with van der Waals surface area (Å²) >= 11 is 0. The maximum absolute atomic E-state index is 13.7. The molecule has 2 amide bonds. The molecule has 190 valence electrons. The molecule has 1 saturated carbocycles. The number of hydrogen-bond acceptors (Lipinski definition) is 5. The van der Waals surface area contributed by atoms with Gasteiger partial charge in [0.15, 0.2) is 0 Å². The molecule has 0 aromatic heterocycles. The fourth-order valence-electron chi connectivity index (χ4n) is 4.76. The molecule has 1 aromatic carbocycles. The molecule has 2 N–H and O–H groups in total. The summed E-state index contributed by atoms with van der Waals surface area (Å²) in [6.07, 6.45) is -1.81. The number of carbonyl (C=O) groups is 2. The van der Waals surface area contributed by atoms with Crippen LogP contribution in [0.2, 0.25) is 0 Å². The highest BCUT2D eigenvalue weighted by atomic mass is 19.4. The minimum atomic E-state index is -4.87. The molecule has 3 rings (SSSR count). The summed E-state index contributed by atoms with van der Waals surface area (Å²) in [7, 11) is 0. The van der Waals surface area contributed by atoms with Gasteiger partial charge in [-0.05, 0) is 57.7 Å². The van der Waals surface area contributed by atoms with Crippen LogP contribution in [0.1, 0.15) is 70.8 Å². The first kappa shape index (κ1) is 26.1. The Labute approximate surface area is 197 Å². The Balaban J connectivity index is 1.80. The first-order valence-corrected chi connectivity index (χ1v) is 11.6. The molecule has 2 aliphatic rings. The summed E-state index contributed by atoms with van der Waals surface area (Å²) in [6.45, 7) is 5.84. The largest absolute Gasteiger partial charge is 0.573 e. The summed E-state index contributed by atoms with van der Waals surface area (Å²) < 4.78 is 47.6. The molecule has 34 heavy (non-hydrogen) atoms. The van der Waals surface area contributed by atoms with Crippen LogP contribution in [0, 0.1) is 0 Å². The van der Waals surface area contributed by atoms with Gasteiger partial charge in [-0.25, -0.2) is 4.79 Å². The lowest BCUT2D eigenvalue weighted by atomic mass is 9.72. The van der Waals surface area contributed by atoms with E-state index in [1.165, 1.54) is 18.2 Å². The second-order valence-electron chi connectivity index (χ2n) is 10.1.